The normalized spacial score (nSPS) is 23.7. The predicted octanol–water partition coefficient (Wildman–Crippen LogP) is 2.40. The van der Waals surface area contributed by atoms with Crippen LogP contribution in [-0.2, 0) is 11.3 Å². The fraction of sp³-hybridized carbons (Fsp3) is 0.462. The van der Waals surface area contributed by atoms with E-state index in [0.717, 1.165) is 13.0 Å². The van der Waals surface area contributed by atoms with Gasteiger partial charge in [-0.25, -0.2) is 0 Å². The fourth-order valence-electron chi connectivity index (χ4n) is 2.37. The highest BCUT2D eigenvalue weighted by molar-refractivity contribution is 6.35. The quantitative estimate of drug-likeness (QED) is 0.901. The Bertz CT molecular complexity index is 522. The van der Waals surface area contributed by atoms with E-state index in [2.05, 4.69) is 4.90 Å². The first-order valence-electron chi connectivity index (χ1n) is 6.01. The number of aromatic hydroxyl groups is 1. The standard InChI is InChI=1S/C13H16Cl2N2O2/c1-13(12(16)19)2-3-17(7-13)6-8-4-9(14)5-10(15)11(8)18/h4-5,18H,2-3,6-7H2,1H3,(H2,16,19). The molecule has 0 aromatic heterocycles. The average Bonchev–Trinajstić information content (AvgIpc) is 2.69. The van der Waals surface area contributed by atoms with Crippen LogP contribution in [0.4, 0.5) is 0 Å². The van der Waals surface area contributed by atoms with Gasteiger partial charge in [0, 0.05) is 23.7 Å². The monoisotopic (exact) mass is 302 g/mol. The number of carbonyl (C=O) groups excluding carboxylic acids is 1. The zero-order valence-corrected chi connectivity index (χ0v) is 12.1. The lowest BCUT2D eigenvalue weighted by atomic mass is 9.89. The Morgan fingerprint density at radius 2 is 2.21 bits per heavy atom. The maximum absolute atomic E-state index is 11.4. The number of phenolic OH excluding ortho intramolecular Hbond substituents is 1. The van der Waals surface area contributed by atoms with Crippen molar-refractivity contribution >= 4 is 29.1 Å². The number of rotatable bonds is 3. The van der Waals surface area contributed by atoms with Gasteiger partial charge in [-0.15, -0.1) is 0 Å². The number of benzene rings is 1. The topological polar surface area (TPSA) is 66.6 Å². The Morgan fingerprint density at radius 1 is 1.53 bits per heavy atom. The van der Waals surface area contributed by atoms with Gasteiger partial charge in [0.15, 0.2) is 0 Å². The fourth-order valence-corrected chi connectivity index (χ4v) is 2.91. The molecule has 1 saturated heterocycles. The molecule has 6 heteroatoms. The largest absolute Gasteiger partial charge is 0.506 e. The van der Waals surface area contributed by atoms with Crippen molar-refractivity contribution in [1.29, 1.82) is 0 Å². The minimum atomic E-state index is -0.502. The van der Waals surface area contributed by atoms with Gasteiger partial charge < -0.3 is 10.8 Å². The molecule has 1 amide bonds. The van der Waals surface area contributed by atoms with Crippen molar-refractivity contribution in [3.8, 4) is 5.75 Å². The summed E-state index contributed by atoms with van der Waals surface area (Å²) in [6.45, 7) is 3.68. The van der Waals surface area contributed by atoms with E-state index in [9.17, 15) is 9.90 Å². The number of halogens is 2. The van der Waals surface area contributed by atoms with Crippen LogP contribution in [0.15, 0.2) is 12.1 Å². The summed E-state index contributed by atoms with van der Waals surface area (Å²) >= 11 is 11.8. The maximum atomic E-state index is 11.4. The first-order chi connectivity index (χ1) is 8.82. The second-order valence-electron chi connectivity index (χ2n) is 5.28. The maximum Gasteiger partial charge on any atom is 0.224 e. The Balaban J connectivity index is 2.14. The van der Waals surface area contributed by atoms with Crippen molar-refractivity contribution in [2.24, 2.45) is 11.1 Å². The molecule has 0 saturated carbocycles. The van der Waals surface area contributed by atoms with Crippen molar-refractivity contribution in [3.05, 3.63) is 27.7 Å². The lowest BCUT2D eigenvalue weighted by molar-refractivity contribution is -0.126. The predicted molar refractivity (Wildman–Crippen MR) is 75.3 cm³/mol. The van der Waals surface area contributed by atoms with Gasteiger partial charge in [-0.05, 0) is 32.0 Å². The van der Waals surface area contributed by atoms with E-state index in [0.29, 0.717) is 23.7 Å². The van der Waals surface area contributed by atoms with E-state index in [-0.39, 0.29) is 16.7 Å². The molecule has 1 atom stereocenters. The average molecular weight is 303 g/mol. The number of amides is 1. The van der Waals surface area contributed by atoms with Crippen LogP contribution in [0.25, 0.3) is 0 Å². The summed E-state index contributed by atoms with van der Waals surface area (Å²) in [5.41, 5.74) is 5.57. The van der Waals surface area contributed by atoms with Gasteiger partial charge in [0.05, 0.1) is 10.4 Å². The Labute approximate surface area is 122 Å². The highest BCUT2D eigenvalue weighted by Crippen LogP contribution is 2.35. The molecule has 1 fully saturated rings. The van der Waals surface area contributed by atoms with Crippen molar-refractivity contribution in [2.45, 2.75) is 19.9 Å². The Morgan fingerprint density at radius 3 is 2.79 bits per heavy atom. The SMILES string of the molecule is CC1(C(N)=O)CCN(Cc2cc(Cl)cc(Cl)c2O)C1. The molecule has 1 aromatic rings. The molecule has 19 heavy (non-hydrogen) atoms. The number of nitrogens with two attached hydrogens (primary N) is 1. The van der Waals surface area contributed by atoms with Gasteiger partial charge in [0.2, 0.25) is 5.91 Å². The van der Waals surface area contributed by atoms with Crippen LogP contribution in [0.5, 0.6) is 5.75 Å². The molecule has 0 aliphatic carbocycles. The third-order valence-corrected chi connectivity index (χ3v) is 4.15. The van der Waals surface area contributed by atoms with Gasteiger partial charge in [-0.3, -0.25) is 9.69 Å². The van der Waals surface area contributed by atoms with Crippen LogP contribution in [0.2, 0.25) is 10.0 Å². The number of hydrogen-bond acceptors (Lipinski definition) is 3. The third kappa shape index (κ3) is 2.96. The van der Waals surface area contributed by atoms with Gasteiger partial charge in [-0.1, -0.05) is 23.2 Å². The second-order valence-corrected chi connectivity index (χ2v) is 6.12. The Kier molecular flexibility index (Phi) is 3.95. The first-order valence-corrected chi connectivity index (χ1v) is 6.76. The van der Waals surface area contributed by atoms with Crippen LogP contribution < -0.4 is 5.73 Å². The minimum Gasteiger partial charge on any atom is -0.506 e. The van der Waals surface area contributed by atoms with Gasteiger partial charge in [0.1, 0.15) is 5.75 Å². The van der Waals surface area contributed by atoms with E-state index in [1.165, 1.54) is 6.07 Å². The molecule has 2 rings (SSSR count). The molecular formula is C13H16Cl2N2O2. The summed E-state index contributed by atoms with van der Waals surface area (Å²) in [6.07, 6.45) is 0.720. The minimum absolute atomic E-state index is 0.0405. The van der Waals surface area contributed by atoms with Crippen molar-refractivity contribution in [2.75, 3.05) is 13.1 Å². The van der Waals surface area contributed by atoms with Crippen LogP contribution in [-0.4, -0.2) is 29.0 Å². The lowest BCUT2D eigenvalue weighted by Gasteiger charge is -2.21. The molecule has 1 aromatic carbocycles. The van der Waals surface area contributed by atoms with Crippen LogP contribution >= 0.6 is 23.2 Å². The number of carbonyl (C=O) groups is 1. The smallest absolute Gasteiger partial charge is 0.224 e. The third-order valence-electron chi connectivity index (χ3n) is 3.65. The highest BCUT2D eigenvalue weighted by atomic mass is 35.5. The molecule has 1 unspecified atom stereocenters. The molecule has 1 aliphatic rings. The van der Waals surface area contributed by atoms with Crippen LogP contribution in [0.1, 0.15) is 18.9 Å². The summed E-state index contributed by atoms with van der Waals surface area (Å²) in [5, 5.41) is 10.6. The number of hydrogen-bond donors (Lipinski definition) is 2. The Hall–Kier alpha value is -0.970. The summed E-state index contributed by atoms with van der Waals surface area (Å²) in [7, 11) is 0. The lowest BCUT2D eigenvalue weighted by Crippen LogP contribution is -2.36. The van der Waals surface area contributed by atoms with Gasteiger partial charge >= 0.3 is 0 Å². The second kappa shape index (κ2) is 5.19. The number of nitrogens with zero attached hydrogens (tertiary/aromatic N) is 1. The zero-order chi connectivity index (χ0) is 14.2. The highest BCUT2D eigenvalue weighted by Gasteiger charge is 2.38. The van der Waals surface area contributed by atoms with E-state index >= 15 is 0 Å². The van der Waals surface area contributed by atoms with E-state index in [1.54, 1.807) is 6.07 Å². The number of likely N-dealkylation sites (tertiary alicyclic amines) is 1. The zero-order valence-electron chi connectivity index (χ0n) is 10.6. The molecule has 3 N–H and O–H groups in total. The summed E-state index contributed by atoms with van der Waals surface area (Å²) in [5.74, 6) is -0.248. The first kappa shape index (κ1) is 14.4. The molecule has 0 spiro atoms. The van der Waals surface area contributed by atoms with Crippen LogP contribution in [0.3, 0.4) is 0 Å². The molecule has 104 valence electrons. The van der Waals surface area contributed by atoms with E-state index in [4.69, 9.17) is 28.9 Å². The number of primary amides is 1. The van der Waals surface area contributed by atoms with Crippen molar-refractivity contribution in [1.82, 2.24) is 4.90 Å². The summed E-state index contributed by atoms with van der Waals surface area (Å²) in [4.78, 5) is 13.5. The molecule has 0 radical (unpaired) electrons. The number of phenols is 1. The molecule has 0 bridgehead atoms. The van der Waals surface area contributed by atoms with Crippen molar-refractivity contribution < 1.29 is 9.90 Å². The van der Waals surface area contributed by atoms with Crippen molar-refractivity contribution in [3.63, 3.8) is 0 Å². The summed E-state index contributed by atoms with van der Waals surface area (Å²) in [6, 6.07) is 3.18. The molecular weight excluding hydrogens is 287 g/mol. The summed E-state index contributed by atoms with van der Waals surface area (Å²) < 4.78 is 0. The molecule has 1 heterocycles. The van der Waals surface area contributed by atoms with Gasteiger partial charge in [0.25, 0.3) is 0 Å². The van der Waals surface area contributed by atoms with Crippen LogP contribution in [0, 0.1) is 5.41 Å². The van der Waals surface area contributed by atoms with Gasteiger partial charge in [-0.2, -0.15) is 0 Å². The van der Waals surface area contributed by atoms with E-state index in [1.807, 2.05) is 6.92 Å². The van der Waals surface area contributed by atoms with E-state index < -0.39 is 5.41 Å². The molecule has 1 aliphatic heterocycles. The molecule has 4 nitrogen and oxygen atoms in total.